The summed E-state index contributed by atoms with van der Waals surface area (Å²) in [5.41, 5.74) is 1.04. The molecule has 1 heterocycles. The number of carbonyl (C=O) groups excluding carboxylic acids is 2. The summed E-state index contributed by atoms with van der Waals surface area (Å²) in [7, 11) is 3.55. The Balaban J connectivity index is 2.04. The van der Waals surface area contributed by atoms with Crippen molar-refractivity contribution in [1.82, 2.24) is 10.2 Å². The monoisotopic (exact) mass is 336 g/mol. The molecule has 0 radical (unpaired) electrons. The Morgan fingerprint density at radius 3 is 2.75 bits per heavy atom. The summed E-state index contributed by atoms with van der Waals surface area (Å²) in [6.07, 6.45) is 0. The van der Waals surface area contributed by atoms with Crippen LogP contribution in [0.5, 0.6) is 11.5 Å². The van der Waals surface area contributed by atoms with Crippen molar-refractivity contribution in [2.45, 2.75) is 26.4 Å². The highest BCUT2D eigenvalue weighted by Crippen LogP contribution is 2.27. The lowest BCUT2D eigenvalue weighted by Crippen LogP contribution is -3.12. The van der Waals surface area contributed by atoms with Crippen molar-refractivity contribution in [1.29, 1.82) is 0 Å². The number of imide groups is 1. The van der Waals surface area contributed by atoms with Gasteiger partial charge in [-0.3, -0.25) is 9.69 Å². The van der Waals surface area contributed by atoms with Crippen LogP contribution < -0.4 is 19.7 Å². The molecule has 2 N–H and O–H groups in total. The quantitative estimate of drug-likeness (QED) is 0.738. The van der Waals surface area contributed by atoms with Gasteiger partial charge in [-0.25, -0.2) is 4.79 Å². The first-order valence-corrected chi connectivity index (χ1v) is 8.19. The molecule has 24 heavy (non-hydrogen) atoms. The minimum atomic E-state index is -0.314. The number of urea groups is 1. The molecule has 1 saturated heterocycles. The number of ether oxygens (including phenoxy) is 2. The molecule has 7 heteroatoms. The van der Waals surface area contributed by atoms with E-state index in [4.69, 9.17) is 9.47 Å². The van der Waals surface area contributed by atoms with Crippen LogP contribution in [0.3, 0.4) is 0 Å². The van der Waals surface area contributed by atoms with E-state index in [2.05, 4.69) is 5.32 Å². The fraction of sp³-hybridized carbons (Fsp3) is 0.529. The summed E-state index contributed by atoms with van der Waals surface area (Å²) in [5.74, 6) is 1.24. The SMILES string of the molecule is CCOc1ccc(C[NH+](C)[C@H](C)C(=O)N2CCNC2=O)cc1OC. The predicted molar refractivity (Wildman–Crippen MR) is 89.3 cm³/mol. The fourth-order valence-electron chi connectivity index (χ4n) is 2.70. The maximum atomic E-state index is 12.4. The van der Waals surface area contributed by atoms with Crippen LogP contribution >= 0.6 is 0 Å². The molecule has 1 aromatic rings. The molecule has 0 aliphatic carbocycles. The van der Waals surface area contributed by atoms with E-state index in [0.717, 1.165) is 10.5 Å². The van der Waals surface area contributed by atoms with Gasteiger partial charge >= 0.3 is 6.03 Å². The third-order valence-electron chi connectivity index (χ3n) is 4.24. The molecule has 1 aliphatic rings. The van der Waals surface area contributed by atoms with Crippen LogP contribution in [0.4, 0.5) is 4.79 Å². The molecule has 2 rings (SSSR count). The molecule has 0 saturated carbocycles. The standard InChI is InChI=1S/C17H25N3O4/c1-5-24-14-7-6-13(10-15(14)23-4)11-19(3)12(2)16(21)20-9-8-18-17(20)22/h6-7,10,12H,5,8-9,11H2,1-4H3,(H,18,22)/p+1/t12-/m1/s1. The van der Waals surface area contributed by atoms with Gasteiger partial charge in [-0.1, -0.05) is 0 Å². The van der Waals surface area contributed by atoms with Crippen LogP contribution in [0.25, 0.3) is 0 Å². The highest BCUT2D eigenvalue weighted by Gasteiger charge is 2.33. The first-order valence-electron chi connectivity index (χ1n) is 8.19. The molecule has 1 unspecified atom stereocenters. The summed E-state index contributed by atoms with van der Waals surface area (Å²) in [6.45, 7) is 5.94. The number of nitrogens with one attached hydrogen (secondary N) is 2. The number of rotatable bonds is 7. The summed E-state index contributed by atoms with van der Waals surface area (Å²) in [5, 5.41) is 2.65. The van der Waals surface area contributed by atoms with E-state index in [-0.39, 0.29) is 18.0 Å². The molecule has 1 aliphatic heterocycles. The van der Waals surface area contributed by atoms with E-state index in [1.54, 1.807) is 7.11 Å². The lowest BCUT2D eigenvalue weighted by molar-refractivity contribution is -0.908. The fourth-order valence-corrected chi connectivity index (χ4v) is 2.70. The summed E-state index contributed by atoms with van der Waals surface area (Å²) in [4.78, 5) is 26.4. The Morgan fingerprint density at radius 1 is 1.42 bits per heavy atom. The third-order valence-corrected chi connectivity index (χ3v) is 4.24. The van der Waals surface area contributed by atoms with E-state index >= 15 is 0 Å². The molecular formula is C17H26N3O4+. The molecule has 0 spiro atoms. The van der Waals surface area contributed by atoms with Crippen LogP contribution in [0.1, 0.15) is 19.4 Å². The van der Waals surface area contributed by atoms with E-state index in [9.17, 15) is 9.59 Å². The second kappa shape index (κ2) is 8.01. The minimum Gasteiger partial charge on any atom is -0.493 e. The molecule has 132 valence electrons. The second-order valence-corrected chi connectivity index (χ2v) is 5.88. The number of likely N-dealkylation sites (N-methyl/N-ethyl adjacent to an activating group) is 1. The second-order valence-electron chi connectivity index (χ2n) is 5.88. The van der Waals surface area contributed by atoms with Gasteiger partial charge in [0, 0.05) is 18.7 Å². The molecule has 7 nitrogen and oxygen atoms in total. The average molecular weight is 336 g/mol. The average Bonchev–Trinajstić information content (AvgIpc) is 3.01. The Labute approximate surface area is 142 Å². The zero-order valence-corrected chi connectivity index (χ0v) is 14.7. The number of hydrogen-bond acceptors (Lipinski definition) is 4. The van der Waals surface area contributed by atoms with Crippen molar-refractivity contribution < 1.29 is 24.0 Å². The lowest BCUT2D eigenvalue weighted by Gasteiger charge is -2.24. The number of hydrogen-bond donors (Lipinski definition) is 2. The number of amides is 3. The number of benzene rings is 1. The van der Waals surface area contributed by atoms with E-state index in [1.807, 2.05) is 39.1 Å². The number of methoxy groups -OCH3 is 1. The summed E-state index contributed by atoms with van der Waals surface area (Å²) in [6, 6.07) is 5.16. The molecule has 1 fully saturated rings. The zero-order chi connectivity index (χ0) is 17.7. The summed E-state index contributed by atoms with van der Waals surface area (Å²) < 4.78 is 10.9. The van der Waals surface area contributed by atoms with Crippen molar-refractivity contribution in [2.24, 2.45) is 0 Å². The van der Waals surface area contributed by atoms with Crippen molar-refractivity contribution >= 4 is 11.9 Å². The largest absolute Gasteiger partial charge is 0.493 e. The molecule has 3 amide bonds. The zero-order valence-electron chi connectivity index (χ0n) is 14.7. The minimum absolute atomic E-state index is 0.152. The lowest BCUT2D eigenvalue weighted by atomic mass is 10.1. The molecular weight excluding hydrogens is 310 g/mol. The maximum absolute atomic E-state index is 12.4. The van der Waals surface area contributed by atoms with Crippen LogP contribution in [-0.2, 0) is 11.3 Å². The van der Waals surface area contributed by atoms with Crippen molar-refractivity contribution in [3.63, 3.8) is 0 Å². The smallest absolute Gasteiger partial charge is 0.324 e. The molecule has 0 aromatic heterocycles. The van der Waals surface area contributed by atoms with Crippen LogP contribution in [0, 0.1) is 0 Å². The van der Waals surface area contributed by atoms with E-state index < -0.39 is 0 Å². The molecule has 1 aromatic carbocycles. The maximum Gasteiger partial charge on any atom is 0.324 e. The Morgan fingerprint density at radius 2 is 2.17 bits per heavy atom. The normalized spacial score (nSPS) is 16.5. The molecule has 2 atom stereocenters. The van der Waals surface area contributed by atoms with Gasteiger partial charge in [0.15, 0.2) is 17.5 Å². The highest BCUT2D eigenvalue weighted by molar-refractivity contribution is 5.97. The summed E-state index contributed by atoms with van der Waals surface area (Å²) >= 11 is 0. The van der Waals surface area contributed by atoms with Crippen LogP contribution in [0.2, 0.25) is 0 Å². The Hall–Kier alpha value is -2.28. The number of carbonyl (C=O) groups is 2. The van der Waals surface area contributed by atoms with Crippen molar-refractivity contribution in [3.8, 4) is 11.5 Å². The number of nitrogens with zero attached hydrogens (tertiary/aromatic N) is 1. The first kappa shape index (κ1) is 18.1. The van der Waals surface area contributed by atoms with Gasteiger partial charge in [0.25, 0.3) is 5.91 Å². The highest BCUT2D eigenvalue weighted by atomic mass is 16.5. The van der Waals surface area contributed by atoms with Gasteiger partial charge in [-0.05, 0) is 32.0 Å². The van der Waals surface area contributed by atoms with Gasteiger partial charge in [0.1, 0.15) is 6.54 Å². The van der Waals surface area contributed by atoms with Gasteiger partial charge < -0.3 is 19.7 Å². The van der Waals surface area contributed by atoms with Gasteiger partial charge in [0.05, 0.1) is 20.8 Å². The first-order chi connectivity index (χ1) is 11.5. The van der Waals surface area contributed by atoms with Gasteiger partial charge in [-0.15, -0.1) is 0 Å². The third kappa shape index (κ3) is 3.97. The van der Waals surface area contributed by atoms with E-state index in [1.165, 1.54) is 4.90 Å². The van der Waals surface area contributed by atoms with Crippen molar-refractivity contribution in [2.75, 3.05) is 33.9 Å². The Kier molecular flexibility index (Phi) is 6.03. The van der Waals surface area contributed by atoms with E-state index in [0.29, 0.717) is 37.7 Å². The van der Waals surface area contributed by atoms with Crippen LogP contribution in [0.15, 0.2) is 18.2 Å². The predicted octanol–water partition coefficient (Wildman–Crippen LogP) is 0.0489. The van der Waals surface area contributed by atoms with Gasteiger partial charge in [0.2, 0.25) is 0 Å². The number of quaternary nitrogens is 1. The Bertz CT molecular complexity index is 605. The van der Waals surface area contributed by atoms with Crippen LogP contribution in [-0.4, -0.2) is 56.7 Å². The van der Waals surface area contributed by atoms with Crippen molar-refractivity contribution in [3.05, 3.63) is 23.8 Å². The van der Waals surface area contributed by atoms with Gasteiger partial charge in [-0.2, -0.15) is 0 Å². The topological polar surface area (TPSA) is 72.3 Å². The molecule has 0 bridgehead atoms.